The number of halogens is 2. The minimum absolute atomic E-state index is 0. The van der Waals surface area contributed by atoms with Crippen molar-refractivity contribution in [1.82, 2.24) is 10.2 Å². The molecule has 6 heteroatoms. The van der Waals surface area contributed by atoms with E-state index in [1.165, 1.54) is 13.2 Å². The van der Waals surface area contributed by atoms with E-state index in [2.05, 4.69) is 42.9 Å². The lowest BCUT2D eigenvalue weighted by atomic mass is 9.65. The quantitative estimate of drug-likeness (QED) is 0.448. The summed E-state index contributed by atoms with van der Waals surface area (Å²) in [6.07, 6.45) is 0. The van der Waals surface area contributed by atoms with Gasteiger partial charge < -0.3 is 15.0 Å². The van der Waals surface area contributed by atoms with Gasteiger partial charge in [0.05, 0.1) is 7.11 Å². The molecule has 1 aliphatic rings. The third kappa shape index (κ3) is 3.72. The molecular formula is C17H27FIN3O. The summed E-state index contributed by atoms with van der Waals surface area (Å²) in [5, 5.41) is 3.31. The Morgan fingerprint density at radius 2 is 2.00 bits per heavy atom. The van der Waals surface area contributed by atoms with Crippen molar-refractivity contribution in [2.45, 2.75) is 39.8 Å². The second-order valence-corrected chi connectivity index (χ2v) is 6.90. The Hall–Kier alpha value is -1.05. The van der Waals surface area contributed by atoms with E-state index in [1.807, 2.05) is 6.07 Å². The number of ether oxygens (including phenoxy) is 1. The van der Waals surface area contributed by atoms with E-state index < -0.39 is 0 Å². The Morgan fingerprint density at radius 1 is 1.35 bits per heavy atom. The molecule has 1 N–H and O–H groups in total. The van der Waals surface area contributed by atoms with Gasteiger partial charge >= 0.3 is 0 Å². The van der Waals surface area contributed by atoms with E-state index in [1.54, 1.807) is 13.1 Å². The first-order chi connectivity index (χ1) is 10.2. The van der Waals surface area contributed by atoms with E-state index in [4.69, 9.17) is 4.74 Å². The predicted molar refractivity (Wildman–Crippen MR) is 103 cm³/mol. The van der Waals surface area contributed by atoms with Crippen LogP contribution in [0.25, 0.3) is 0 Å². The molecule has 1 heterocycles. The van der Waals surface area contributed by atoms with Gasteiger partial charge in [-0.1, -0.05) is 19.9 Å². The van der Waals surface area contributed by atoms with Gasteiger partial charge in [-0.3, -0.25) is 4.99 Å². The summed E-state index contributed by atoms with van der Waals surface area (Å²) in [4.78, 5) is 6.61. The fourth-order valence-electron chi connectivity index (χ4n) is 2.70. The van der Waals surface area contributed by atoms with Gasteiger partial charge in [0.1, 0.15) is 0 Å². The van der Waals surface area contributed by atoms with Crippen LogP contribution in [0.2, 0.25) is 0 Å². The van der Waals surface area contributed by atoms with E-state index >= 15 is 0 Å². The van der Waals surface area contributed by atoms with Crippen LogP contribution in [0, 0.1) is 11.2 Å². The van der Waals surface area contributed by atoms with Gasteiger partial charge in [0.15, 0.2) is 17.5 Å². The molecule has 0 spiro atoms. The van der Waals surface area contributed by atoms with Gasteiger partial charge in [0.2, 0.25) is 0 Å². The smallest absolute Gasteiger partial charge is 0.194 e. The average molecular weight is 435 g/mol. The van der Waals surface area contributed by atoms with Crippen molar-refractivity contribution < 1.29 is 9.13 Å². The Morgan fingerprint density at radius 3 is 2.43 bits per heavy atom. The number of rotatable bonds is 3. The van der Waals surface area contributed by atoms with Crippen LogP contribution in [-0.2, 0) is 6.54 Å². The maximum atomic E-state index is 13.7. The average Bonchev–Trinajstić information content (AvgIpc) is 2.46. The van der Waals surface area contributed by atoms with Crippen LogP contribution in [0.3, 0.4) is 0 Å². The maximum absolute atomic E-state index is 13.7. The normalized spacial score (nSPS) is 18.7. The van der Waals surface area contributed by atoms with E-state index in [-0.39, 0.29) is 46.5 Å². The highest BCUT2D eigenvalue weighted by molar-refractivity contribution is 14.0. The fourth-order valence-corrected chi connectivity index (χ4v) is 2.70. The Balaban J connectivity index is 0.00000264. The Kier molecular flexibility index (Phi) is 6.29. The fraction of sp³-hybridized carbons (Fsp3) is 0.588. The maximum Gasteiger partial charge on any atom is 0.194 e. The number of benzene rings is 1. The van der Waals surface area contributed by atoms with Crippen LogP contribution in [-0.4, -0.2) is 37.1 Å². The van der Waals surface area contributed by atoms with Gasteiger partial charge in [-0.25, -0.2) is 4.39 Å². The highest BCUT2D eigenvalue weighted by Gasteiger charge is 2.53. The zero-order valence-electron chi connectivity index (χ0n) is 14.7. The number of guanidine groups is 1. The molecule has 2 rings (SSSR count). The number of likely N-dealkylation sites (tertiary alicyclic amines) is 1. The predicted octanol–water partition coefficient (Wildman–Crippen LogP) is 3.65. The highest BCUT2D eigenvalue weighted by atomic mass is 127. The summed E-state index contributed by atoms with van der Waals surface area (Å²) in [5.74, 6) is 0.765. The molecule has 0 bridgehead atoms. The van der Waals surface area contributed by atoms with Crippen LogP contribution in [0.15, 0.2) is 23.2 Å². The lowest BCUT2D eigenvalue weighted by molar-refractivity contribution is -0.0667. The topological polar surface area (TPSA) is 36.9 Å². The number of nitrogens with one attached hydrogen (secondary N) is 1. The molecule has 1 aromatic rings. The molecule has 0 aliphatic carbocycles. The van der Waals surface area contributed by atoms with Crippen LogP contribution >= 0.6 is 24.0 Å². The van der Waals surface area contributed by atoms with Crippen LogP contribution < -0.4 is 10.1 Å². The number of aliphatic imine (C=N–C) groups is 1. The molecule has 0 aromatic heterocycles. The molecule has 0 radical (unpaired) electrons. The molecule has 0 amide bonds. The highest BCUT2D eigenvalue weighted by Crippen LogP contribution is 2.46. The summed E-state index contributed by atoms with van der Waals surface area (Å²) >= 11 is 0. The summed E-state index contributed by atoms with van der Waals surface area (Å²) in [7, 11) is 3.24. The molecule has 0 saturated carbocycles. The molecular weight excluding hydrogens is 408 g/mol. The number of methoxy groups -OCH3 is 1. The van der Waals surface area contributed by atoms with Crippen molar-refractivity contribution in [2.24, 2.45) is 10.4 Å². The summed E-state index contributed by atoms with van der Waals surface area (Å²) < 4.78 is 18.7. The van der Waals surface area contributed by atoms with E-state index in [0.29, 0.717) is 6.54 Å². The zero-order valence-corrected chi connectivity index (χ0v) is 17.1. The van der Waals surface area contributed by atoms with Crippen molar-refractivity contribution in [1.29, 1.82) is 0 Å². The molecule has 1 aliphatic heterocycles. The Labute approximate surface area is 155 Å². The summed E-state index contributed by atoms with van der Waals surface area (Å²) in [5.41, 5.74) is 1.15. The standard InChI is InChI=1S/C17H26FN3O.HI/c1-16(2)11-21(17(16,3)4)15(19-5)20-10-12-7-8-14(22-6)13(18)9-12;/h7-9H,10-11H2,1-6H3,(H,19,20);1H. The zero-order chi connectivity index (χ0) is 16.5. The molecule has 23 heavy (non-hydrogen) atoms. The number of nitrogens with zero attached hydrogens (tertiary/aromatic N) is 2. The van der Waals surface area contributed by atoms with E-state index in [0.717, 1.165) is 18.1 Å². The second kappa shape index (κ2) is 7.23. The monoisotopic (exact) mass is 435 g/mol. The van der Waals surface area contributed by atoms with Crippen molar-refractivity contribution in [3.8, 4) is 5.75 Å². The minimum atomic E-state index is -0.345. The molecule has 130 valence electrons. The first-order valence-corrected chi connectivity index (χ1v) is 7.53. The van der Waals surface area contributed by atoms with Gasteiger partial charge in [0.25, 0.3) is 0 Å². The molecule has 0 unspecified atom stereocenters. The van der Waals surface area contributed by atoms with Gasteiger partial charge in [-0.05, 0) is 31.5 Å². The van der Waals surface area contributed by atoms with E-state index in [9.17, 15) is 4.39 Å². The van der Waals surface area contributed by atoms with Crippen LogP contribution in [0.1, 0.15) is 33.3 Å². The third-order valence-electron chi connectivity index (χ3n) is 5.02. The molecule has 1 saturated heterocycles. The van der Waals surface area contributed by atoms with Gasteiger partial charge in [-0.2, -0.15) is 0 Å². The van der Waals surface area contributed by atoms with Crippen molar-refractivity contribution in [3.63, 3.8) is 0 Å². The number of hydrogen-bond acceptors (Lipinski definition) is 2. The van der Waals surface area contributed by atoms with Crippen LogP contribution in [0.4, 0.5) is 4.39 Å². The molecule has 1 aromatic carbocycles. The van der Waals surface area contributed by atoms with Crippen molar-refractivity contribution in [2.75, 3.05) is 20.7 Å². The largest absolute Gasteiger partial charge is 0.494 e. The van der Waals surface area contributed by atoms with Gasteiger partial charge in [0, 0.05) is 31.1 Å². The summed E-state index contributed by atoms with van der Waals surface area (Å²) in [6.45, 7) is 10.4. The van der Waals surface area contributed by atoms with Gasteiger partial charge in [-0.15, -0.1) is 24.0 Å². The molecule has 1 fully saturated rings. The summed E-state index contributed by atoms with van der Waals surface area (Å²) in [6, 6.07) is 4.99. The molecule has 4 nitrogen and oxygen atoms in total. The second-order valence-electron chi connectivity index (χ2n) is 6.90. The Bertz CT molecular complexity index is 587. The number of hydrogen-bond donors (Lipinski definition) is 1. The first kappa shape index (κ1) is 20.0. The van der Waals surface area contributed by atoms with Crippen LogP contribution in [0.5, 0.6) is 5.75 Å². The molecule has 0 atom stereocenters. The minimum Gasteiger partial charge on any atom is -0.494 e. The lowest BCUT2D eigenvalue weighted by Gasteiger charge is -2.62. The van der Waals surface area contributed by atoms with Crippen molar-refractivity contribution >= 4 is 29.9 Å². The SMILES string of the molecule is CN=C(NCc1ccc(OC)c(F)c1)N1CC(C)(C)C1(C)C.I. The van der Waals surface area contributed by atoms with Crippen molar-refractivity contribution in [3.05, 3.63) is 29.6 Å². The third-order valence-corrected chi connectivity index (χ3v) is 5.02. The lowest BCUT2D eigenvalue weighted by Crippen LogP contribution is -2.72. The first-order valence-electron chi connectivity index (χ1n) is 7.53.